The third-order valence-electron chi connectivity index (χ3n) is 3.34. The van der Waals surface area contributed by atoms with E-state index in [0.717, 1.165) is 17.8 Å². The summed E-state index contributed by atoms with van der Waals surface area (Å²) in [5.41, 5.74) is 0. The first kappa shape index (κ1) is 10.4. The average Bonchev–Trinajstić information content (AvgIpc) is 2.85. The minimum Gasteiger partial charge on any atom is -0.316 e. The molecule has 0 aromatic carbocycles. The number of nitrogens with one attached hydrogen (secondary N) is 1. The number of hydrogen-bond donors (Lipinski definition) is 1. The van der Waals surface area contributed by atoms with Crippen molar-refractivity contribution in [1.29, 1.82) is 0 Å². The van der Waals surface area contributed by atoms with Gasteiger partial charge in [0.05, 0.1) is 0 Å². The molecular weight excluding hydrogens is 172 g/mol. The first-order valence-electron chi connectivity index (χ1n) is 6.17. The Kier molecular flexibility index (Phi) is 3.45. The number of hydrogen-bond acceptors (Lipinski definition) is 2. The molecule has 82 valence electrons. The van der Waals surface area contributed by atoms with Gasteiger partial charge in [-0.05, 0) is 43.7 Å². The Balaban J connectivity index is 1.82. The topological polar surface area (TPSA) is 15.3 Å². The van der Waals surface area contributed by atoms with Crippen LogP contribution in [-0.2, 0) is 0 Å². The Bertz CT molecular complexity index is 165. The van der Waals surface area contributed by atoms with Gasteiger partial charge in [0.25, 0.3) is 0 Å². The lowest BCUT2D eigenvalue weighted by atomic mass is 10.1. The smallest absolute Gasteiger partial charge is 0.00194 e. The Hall–Kier alpha value is -0.0800. The molecular formula is C12H24N2. The van der Waals surface area contributed by atoms with Gasteiger partial charge in [-0.15, -0.1) is 0 Å². The first-order valence-corrected chi connectivity index (χ1v) is 6.17. The normalized spacial score (nSPS) is 36.4. The van der Waals surface area contributed by atoms with Gasteiger partial charge >= 0.3 is 0 Å². The molecule has 1 N–H and O–H groups in total. The molecule has 0 aromatic heterocycles. The van der Waals surface area contributed by atoms with Crippen molar-refractivity contribution in [2.24, 2.45) is 17.8 Å². The van der Waals surface area contributed by atoms with E-state index in [4.69, 9.17) is 0 Å². The van der Waals surface area contributed by atoms with E-state index < -0.39 is 0 Å². The van der Waals surface area contributed by atoms with Crippen molar-refractivity contribution in [1.82, 2.24) is 10.2 Å². The van der Waals surface area contributed by atoms with E-state index in [2.05, 4.69) is 24.1 Å². The highest BCUT2D eigenvalue weighted by Crippen LogP contribution is 2.30. The second-order valence-corrected chi connectivity index (χ2v) is 5.53. The summed E-state index contributed by atoms with van der Waals surface area (Å²) in [5, 5.41) is 3.55. The van der Waals surface area contributed by atoms with Gasteiger partial charge in [-0.1, -0.05) is 13.8 Å². The van der Waals surface area contributed by atoms with Gasteiger partial charge in [0.2, 0.25) is 0 Å². The third-order valence-corrected chi connectivity index (χ3v) is 3.34. The van der Waals surface area contributed by atoms with Crippen LogP contribution in [0.2, 0.25) is 0 Å². The summed E-state index contributed by atoms with van der Waals surface area (Å²) in [6.07, 6.45) is 2.97. The summed E-state index contributed by atoms with van der Waals surface area (Å²) in [6.45, 7) is 11.1. The minimum atomic E-state index is 0.821. The molecule has 14 heavy (non-hydrogen) atoms. The molecule has 1 saturated heterocycles. The predicted molar refractivity (Wildman–Crippen MR) is 60.4 cm³/mol. The van der Waals surface area contributed by atoms with Gasteiger partial charge in [0, 0.05) is 19.6 Å². The molecule has 1 saturated carbocycles. The standard InChI is InChI=1S/C12H24N2/c1-10-5-13-6-11(2)8-14(7-10)9-12-3-4-12/h10-13H,3-9H2,1-2H3. The highest BCUT2D eigenvalue weighted by atomic mass is 15.1. The zero-order valence-corrected chi connectivity index (χ0v) is 9.63. The predicted octanol–water partition coefficient (Wildman–Crippen LogP) is 1.57. The van der Waals surface area contributed by atoms with Gasteiger partial charge < -0.3 is 10.2 Å². The molecule has 0 amide bonds. The summed E-state index contributed by atoms with van der Waals surface area (Å²) in [7, 11) is 0. The zero-order chi connectivity index (χ0) is 9.97. The Morgan fingerprint density at radius 1 is 1.07 bits per heavy atom. The van der Waals surface area contributed by atoms with Crippen LogP contribution in [0.15, 0.2) is 0 Å². The second kappa shape index (κ2) is 4.63. The summed E-state index contributed by atoms with van der Waals surface area (Å²) in [4.78, 5) is 2.70. The third kappa shape index (κ3) is 3.25. The van der Waals surface area contributed by atoms with Crippen molar-refractivity contribution < 1.29 is 0 Å². The molecule has 2 unspecified atom stereocenters. The van der Waals surface area contributed by atoms with E-state index in [1.807, 2.05) is 0 Å². The lowest BCUT2D eigenvalue weighted by Gasteiger charge is -2.31. The maximum atomic E-state index is 3.55. The van der Waals surface area contributed by atoms with Crippen molar-refractivity contribution in [3.63, 3.8) is 0 Å². The van der Waals surface area contributed by atoms with E-state index >= 15 is 0 Å². The molecule has 1 aliphatic heterocycles. The fourth-order valence-corrected chi connectivity index (χ4v) is 2.48. The number of rotatable bonds is 2. The molecule has 0 aromatic rings. The molecule has 1 heterocycles. The van der Waals surface area contributed by atoms with Crippen LogP contribution >= 0.6 is 0 Å². The molecule has 1 aliphatic carbocycles. The van der Waals surface area contributed by atoms with Crippen LogP contribution in [-0.4, -0.2) is 37.6 Å². The van der Waals surface area contributed by atoms with Crippen LogP contribution in [0.3, 0.4) is 0 Å². The van der Waals surface area contributed by atoms with Crippen LogP contribution in [0.5, 0.6) is 0 Å². The molecule has 2 rings (SSSR count). The molecule has 0 spiro atoms. The monoisotopic (exact) mass is 196 g/mol. The van der Waals surface area contributed by atoms with Crippen LogP contribution in [0.25, 0.3) is 0 Å². The fraction of sp³-hybridized carbons (Fsp3) is 1.00. The summed E-state index contributed by atoms with van der Waals surface area (Å²) in [5.74, 6) is 2.68. The van der Waals surface area contributed by atoms with Crippen LogP contribution < -0.4 is 5.32 Å². The van der Waals surface area contributed by atoms with Gasteiger partial charge in [0.1, 0.15) is 0 Å². The molecule has 2 heteroatoms. The van der Waals surface area contributed by atoms with Gasteiger partial charge in [0.15, 0.2) is 0 Å². The highest BCUT2D eigenvalue weighted by molar-refractivity contribution is 4.80. The van der Waals surface area contributed by atoms with Gasteiger partial charge in [-0.2, -0.15) is 0 Å². The molecule has 2 nitrogen and oxygen atoms in total. The second-order valence-electron chi connectivity index (χ2n) is 5.53. The fourth-order valence-electron chi connectivity index (χ4n) is 2.48. The Morgan fingerprint density at radius 2 is 1.64 bits per heavy atom. The van der Waals surface area contributed by atoms with Crippen molar-refractivity contribution in [3.8, 4) is 0 Å². The molecule has 2 fully saturated rings. The highest BCUT2D eigenvalue weighted by Gasteiger charge is 2.26. The van der Waals surface area contributed by atoms with E-state index in [1.54, 1.807) is 0 Å². The van der Waals surface area contributed by atoms with E-state index in [9.17, 15) is 0 Å². The van der Waals surface area contributed by atoms with E-state index in [0.29, 0.717) is 0 Å². The minimum absolute atomic E-state index is 0.821. The largest absolute Gasteiger partial charge is 0.316 e. The van der Waals surface area contributed by atoms with Crippen molar-refractivity contribution in [2.75, 3.05) is 32.7 Å². The molecule has 0 bridgehead atoms. The maximum Gasteiger partial charge on any atom is 0.00194 e. The van der Waals surface area contributed by atoms with Crippen molar-refractivity contribution in [2.45, 2.75) is 26.7 Å². The first-order chi connectivity index (χ1) is 6.74. The average molecular weight is 196 g/mol. The molecule has 2 atom stereocenters. The maximum absolute atomic E-state index is 3.55. The zero-order valence-electron chi connectivity index (χ0n) is 9.63. The van der Waals surface area contributed by atoms with E-state index in [1.165, 1.54) is 45.6 Å². The molecule has 2 aliphatic rings. The number of nitrogens with zero attached hydrogens (tertiary/aromatic N) is 1. The van der Waals surface area contributed by atoms with Crippen LogP contribution in [0, 0.1) is 17.8 Å². The van der Waals surface area contributed by atoms with Crippen LogP contribution in [0.4, 0.5) is 0 Å². The quantitative estimate of drug-likeness (QED) is 0.721. The summed E-state index contributed by atoms with van der Waals surface area (Å²) < 4.78 is 0. The Labute approximate surface area is 88.1 Å². The molecule has 0 radical (unpaired) electrons. The Morgan fingerprint density at radius 3 is 2.14 bits per heavy atom. The van der Waals surface area contributed by atoms with Crippen molar-refractivity contribution >= 4 is 0 Å². The SMILES string of the molecule is CC1CNCC(C)CN(CC2CC2)C1. The van der Waals surface area contributed by atoms with Gasteiger partial charge in [-0.25, -0.2) is 0 Å². The lowest BCUT2D eigenvalue weighted by molar-refractivity contribution is 0.179. The van der Waals surface area contributed by atoms with E-state index in [-0.39, 0.29) is 0 Å². The van der Waals surface area contributed by atoms with Crippen molar-refractivity contribution in [3.05, 3.63) is 0 Å². The van der Waals surface area contributed by atoms with Gasteiger partial charge in [-0.3, -0.25) is 0 Å². The van der Waals surface area contributed by atoms with Crippen LogP contribution in [0.1, 0.15) is 26.7 Å². The lowest BCUT2D eigenvalue weighted by Crippen LogP contribution is -2.43. The summed E-state index contributed by atoms with van der Waals surface area (Å²) >= 11 is 0. The summed E-state index contributed by atoms with van der Waals surface area (Å²) in [6, 6.07) is 0.